The lowest BCUT2D eigenvalue weighted by Crippen LogP contribution is -2.33. The van der Waals surface area contributed by atoms with Crippen LogP contribution in [0.3, 0.4) is 0 Å². The standard InChI is InChI=1S/C61H42N4/c1-39-33-44(37-54-50-23-10-13-26-59(50)65(61(39)54)46-19-6-3-7-20-46)40-27-29-56-52(35-40)51(42-16-14-15-41(34-42)47-31-32-62-55-24-11-8-21-48(47)55)38-57(63-56)43-28-30-60-53(36-43)49-22-9-12-25-58(49)64(60)45-17-4-2-5-18-45/h2-39,61H,1H3. The van der Waals surface area contributed by atoms with Gasteiger partial charge in [-0.05, 0) is 136 Å². The molecule has 65 heavy (non-hydrogen) atoms. The van der Waals surface area contributed by atoms with E-state index in [0.717, 1.165) is 55.4 Å². The normalized spacial score (nSPS) is 15.6. The minimum Gasteiger partial charge on any atom is -0.333 e. The molecule has 4 heteroatoms. The van der Waals surface area contributed by atoms with Gasteiger partial charge in [-0.15, -0.1) is 0 Å². The maximum Gasteiger partial charge on any atom is 0.0716 e. The van der Waals surface area contributed by atoms with E-state index in [4.69, 9.17) is 4.98 Å². The predicted molar refractivity (Wildman–Crippen MR) is 272 cm³/mol. The summed E-state index contributed by atoms with van der Waals surface area (Å²) in [4.78, 5) is 12.7. The lowest BCUT2D eigenvalue weighted by molar-refractivity contribution is 0.639. The molecule has 2 unspecified atom stereocenters. The fraction of sp³-hybridized carbons (Fsp3) is 0.0492. The molecule has 4 nitrogen and oxygen atoms in total. The van der Waals surface area contributed by atoms with Gasteiger partial charge in [-0.25, -0.2) is 4.98 Å². The number of allylic oxidation sites excluding steroid dienone is 2. The molecule has 0 saturated heterocycles. The summed E-state index contributed by atoms with van der Waals surface area (Å²) in [5.41, 5.74) is 19.7. The van der Waals surface area contributed by atoms with Gasteiger partial charge in [-0.2, -0.15) is 0 Å². The van der Waals surface area contributed by atoms with Gasteiger partial charge < -0.3 is 9.47 Å². The first-order valence-corrected chi connectivity index (χ1v) is 22.5. The number of anilines is 2. The summed E-state index contributed by atoms with van der Waals surface area (Å²) >= 11 is 0. The number of nitrogens with zero attached hydrogens (tertiary/aromatic N) is 4. The Bertz CT molecular complexity index is 3740. The van der Waals surface area contributed by atoms with Crippen LogP contribution in [0.5, 0.6) is 0 Å². The van der Waals surface area contributed by atoms with E-state index < -0.39 is 0 Å². The molecule has 0 saturated carbocycles. The molecule has 2 atom stereocenters. The number of rotatable bonds is 6. The van der Waals surface area contributed by atoms with Gasteiger partial charge >= 0.3 is 0 Å². The monoisotopic (exact) mass is 830 g/mol. The van der Waals surface area contributed by atoms with E-state index in [1.54, 1.807) is 0 Å². The lowest BCUT2D eigenvalue weighted by atomic mass is 9.83. The minimum atomic E-state index is 0.213. The van der Waals surface area contributed by atoms with Crippen LogP contribution in [0, 0.1) is 5.92 Å². The lowest BCUT2D eigenvalue weighted by Gasteiger charge is -2.34. The molecule has 0 bridgehead atoms. The summed E-state index contributed by atoms with van der Waals surface area (Å²) < 4.78 is 2.37. The van der Waals surface area contributed by atoms with Crippen molar-refractivity contribution < 1.29 is 0 Å². The van der Waals surface area contributed by atoms with Crippen molar-refractivity contribution in [3.05, 3.63) is 236 Å². The van der Waals surface area contributed by atoms with E-state index in [-0.39, 0.29) is 12.0 Å². The van der Waals surface area contributed by atoms with Crippen molar-refractivity contribution in [1.82, 2.24) is 14.5 Å². The van der Waals surface area contributed by atoms with Crippen LogP contribution in [0.2, 0.25) is 0 Å². The quantitative estimate of drug-likeness (QED) is 0.167. The van der Waals surface area contributed by atoms with Crippen LogP contribution < -0.4 is 4.90 Å². The molecule has 306 valence electrons. The summed E-state index contributed by atoms with van der Waals surface area (Å²) in [6.07, 6.45) is 6.82. The van der Waals surface area contributed by atoms with Crippen molar-refractivity contribution in [3.8, 4) is 39.2 Å². The molecule has 13 rings (SSSR count). The van der Waals surface area contributed by atoms with Crippen molar-refractivity contribution >= 4 is 66.1 Å². The Hall–Kier alpha value is -8.34. The van der Waals surface area contributed by atoms with E-state index in [9.17, 15) is 0 Å². The maximum atomic E-state index is 5.48. The highest BCUT2D eigenvalue weighted by Gasteiger charge is 2.39. The van der Waals surface area contributed by atoms with Gasteiger partial charge in [-0.1, -0.05) is 134 Å². The number of hydrogen-bond acceptors (Lipinski definition) is 3. The van der Waals surface area contributed by atoms with Crippen LogP contribution in [0.4, 0.5) is 11.4 Å². The molecule has 8 aromatic carbocycles. The molecule has 0 N–H and O–H groups in total. The Morgan fingerprint density at radius 2 is 1.14 bits per heavy atom. The van der Waals surface area contributed by atoms with Crippen molar-refractivity contribution in [2.24, 2.45) is 5.92 Å². The molecule has 1 aliphatic carbocycles. The molecular formula is C61H42N4. The number of benzene rings is 8. The SMILES string of the molecule is CC1C=C(c2ccc3nc(-c4ccc5c(c4)c4ccccc4n5-c4ccccc4)cc(-c4cccc(-c5ccnc6ccccc56)c4)c3c2)C=C2c3ccccc3N(c3ccccc3)C21. The molecule has 3 aromatic heterocycles. The van der Waals surface area contributed by atoms with Crippen LogP contribution in [0.1, 0.15) is 18.1 Å². The summed E-state index contributed by atoms with van der Waals surface area (Å²) in [6, 6.07) is 74.8. The Morgan fingerprint density at radius 1 is 0.446 bits per heavy atom. The Balaban J connectivity index is 0.986. The topological polar surface area (TPSA) is 34.0 Å². The number of aromatic nitrogens is 3. The average molecular weight is 831 g/mol. The first-order chi connectivity index (χ1) is 32.1. The second-order valence-corrected chi connectivity index (χ2v) is 17.4. The first kappa shape index (κ1) is 37.2. The summed E-state index contributed by atoms with van der Waals surface area (Å²) in [5.74, 6) is 0.267. The summed E-state index contributed by atoms with van der Waals surface area (Å²) in [5, 5.41) is 4.69. The number of hydrogen-bond donors (Lipinski definition) is 0. The van der Waals surface area contributed by atoms with Gasteiger partial charge in [0.2, 0.25) is 0 Å². The Labute approximate surface area is 377 Å². The molecule has 0 spiro atoms. The maximum absolute atomic E-state index is 5.48. The fourth-order valence-electron chi connectivity index (χ4n) is 10.7. The van der Waals surface area contributed by atoms with E-state index in [2.05, 4.69) is 240 Å². The van der Waals surface area contributed by atoms with Crippen molar-refractivity contribution in [1.29, 1.82) is 0 Å². The second-order valence-electron chi connectivity index (χ2n) is 17.4. The molecule has 11 aromatic rings. The molecule has 0 fully saturated rings. The zero-order valence-corrected chi connectivity index (χ0v) is 35.8. The highest BCUT2D eigenvalue weighted by Crippen LogP contribution is 2.51. The zero-order chi connectivity index (χ0) is 43.0. The van der Waals surface area contributed by atoms with Gasteiger partial charge in [0, 0.05) is 55.9 Å². The number of fused-ring (bicyclic) bond motifs is 8. The fourth-order valence-corrected chi connectivity index (χ4v) is 10.7. The van der Waals surface area contributed by atoms with E-state index in [1.165, 1.54) is 61.0 Å². The Kier molecular flexibility index (Phi) is 8.53. The van der Waals surface area contributed by atoms with Gasteiger partial charge in [0.25, 0.3) is 0 Å². The first-order valence-electron chi connectivity index (χ1n) is 22.5. The third-order valence-electron chi connectivity index (χ3n) is 13.6. The smallest absolute Gasteiger partial charge is 0.0716 e. The van der Waals surface area contributed by atoms with E-state index >= 15 is 0 Å². The van der Waals surface area contributed by atoms with E-state index in [0.29, 0.717) is 0 Å². The third-order valence-corrected chi connectivity index (χ3v) is 13.6. The van der Waals surface area contributed by atoms with Crippen molar-refractivity contribution in [3.63, 3.8) is 0 Å². The van der Waals surface area contributed by atoms with Crippen LogP contribution in [0.15, 0.2) is 225 Å². The van der Waals surface area contributed by atoms with Crippen molar-refractivity contribution in [2.45, 2.75) is 13.0 Å². The van der Waals surface area contributed by atoms with Crippen LogP contribution in [-0.2, 0) is 0 Å². The van der Waals surface area contributed by atoms with Crippen molar-refractivity contribution in [2.75, 3.05) is 4.90 Å². The largest absolute Gasteiger partial charge is 0.333 e. The second kappa shape index (κ2) is 14.9. The number of para-hydroxylation sites is 5. The molecular weight excluding hydrogens is 789 g/mol. The average Bonchev–Trinajstić information content (AvgIpc) is 3.89. The zero-order valence-electron chi connectivity index (χ0n) is 35.8. The van der Waals surface area contributed by atoms with Crippen LogP contribution >= 0.6 is 0 Å². The van der Waals surface area contributed by atoms with Gasteiger partial charge in [0.05, 0.1) is 33.8 Å². The highest BCUT2D eigenvalue weighted by atomic mass is 15.2. The summed E-state index contributed by atoms with van der Waals surface area (Å²) in [6.45, 7) is 2.36. The third kappa shape index (κ3) is 6.06. The van der Waals surface area contributed by atoms with Crippen LogP contribution in [0.25, 0.3) is 94.0 Å². The number of pyridine rings is 2. The van der Waals surface area contributed by atoms with Gasteiger partial charge in [-0.3, -0.25) is 4.98 Å². The molecule has 2 aliphatic rings. The highest BCUT2D eigenvalue weighted by molar-refractivity contribution is 6.11. The van der Waals surface area contributed by atoms with Crippen LogP contribution in [-0.4, -0.2) is 20.6 Å². The van der Waals surface area contributed by atoms with E-state index in [1.807, 2.05) is 6.20 Å². The summed E-state index contributed by atoms with van der Waals surface area (Å²) in [7, 11) is 0. The van der Waals surface area contributed by atoms with Gasteiger partial charge in [0.15, 0.2) is 0 Å². The predicted octanol–water partition coefficient (Wildman–Crippen LogP) is 15.5. The minimum absolute atomic E-state index is 0.213. The molecule has 4 heterocycles. The molecule has 0 radical (unpaired) electrons. The van der Waals surface area contributed by atoms with Gasteiger partial charge in [0.1, 0.15) is 0 Å². The molecule has 0 amide bonds. The molecule has 1 aliphatic heterocycles. The Morgan fingerprint density at radius 3 is 2.00 bits per heavy atom.